The molecule has 5 heteroatoms. The lowest BCUT2D eigenvalue weighted by atomic mass is 9.41. The summed E-state index contributed by atoms with van der Waals surface area (Å²) in [5.41, 5.74) is 8.50. The minimum Gasteiger partial charge on any atom is -0.278 e. The van der Waals surface area contributed by atoms with Crippen LogP contribution >= 0.6 is 0 Å². The van der Waals surface area contributed by atoms with Crippen LogP contribution in [0.3, 0.4) is 0 Å². The van der Waals surface area contributed by atoms with E-state index in [1.54, 1.807) is 0 Å². The van der Waals surface area contributed by atoms with Crippen molar-refractivity contribution in [3.05, 3.63) is 139 Å². The predicted molar refractivity (Wildman–Crippen MR) is 192 cm³/mol. The molecule has 232 valence electrons. The van der Waals surface area contributed by atoms with Crippen LogP contribution < -0.4 is 4.90 Å². The molecule has 5 aliphatic rings. The van der Waals surface area contributed by atoms with E-state index < -0.39 is 0 Å². The Morgan fingerprint density at radius 2 is 0.979 bits per heavy atom. The van der Waals surface area contributed by atoms with Crippen molar-refractivity contribution in [2.24, 2.45) is 23.7 Å². The molecule has 4 bridgehead atoms. The maximum atomic E-state index is 5.41. The number of nitrogens with zero attached hydrogens (tertiary/aromatic N) is 5. The molecule has 1 aliphatic heterocycles. The van der Waals surface area contributed by atoms with Gasteiger partial charge in [-0.3, -0.25) is 9.47 Å². The third-order valence-corrected chi connectivity index (χ3v) is 12.2. The second-order valence-corrected chi connectivity index (χ2v) is 14.5. The van der Waals surface area contributed by atoms with E-state index in [1.165, 1.54) is 65.4 Å². The standard InChI is InChI=1S/C43H35N5/c1-2-12-29(13-3-1)40-44-41(47-36-18-8-4-14-32(36)33-15-5-9-19-37(33)47)46-42(45-40)48-38-20-10-6-16-34(38)43(35-17-7-11-21-39(35)48)30-23-27-22-28(25-30)26-31(43)24-27/h1-21,27-28,30-31H,22-26H2. The Morgan fingerprint density at radius 1 is 0.479 bits per heavy atom. The van der Waals surface area contributed by atoms with Gasteiger partial charge in [0.05, 0.1) is 22.4 Å². The van der Waals surface area contributed by atoms with Crippen molar-refractivity contribution in [1.82, 2.24) is 19.5 Å². The molecule has 3 heterocycles. The summed E-state index contributed by atoms with van der Waals surface area (Å²) in [4.78, 5) is 18.3. The van der Waals surface area contributed by atoms with E-state index in [0.29, 0.717) is 29.6 Å². The summed E-state index contributed by atoms with van der Waals surface area (Å²) >= 11 is 0. The second kappa shape index (κ2) is 9.86. The second-order valence-electron chi connectivity index (χ2n) is 14.5. The summed E-state index contributed by atoms with van der Waals surface area (Å²) in [5.74, 6) is 5.07. The maximum absolute atomic E-state index is 5.41. The average molecular weight is 622 g/mol. The first-order valence-corrected chi connectivity index (χ1v) is 17.6. The highest BCUT2D eigenvalue weighted by Crippen LogP contribution is 2.69. The van der Waals surface area contributed by atoms with Gasteiger partial charge in [0.2, 0.25) is 11.9 Å². The lowest BCUT2D eigenvalue weighted by Crippen LogP contribution is -2.57. The highest BCUT2D eigenvalue weighted by Gasteiger charge is 2.61. The summed E-state index contributed by atoms with van der Waals surface area (Å²) in [6.07, 6.45) is 6.82. The van der Waals surface area contributed by atoms with Gasteiger partial charge in [-0.1, -0.05) is 103 Å². The highest BCUT2D eigenvalue weighted by molar-refractivity contribution is 6.09. The van der Waals surface area contributed by atoms with Crippen molar-refractivity contribution < 1.29 is 0 Å². The first-order chi connectivity index (χ1) is 23.8. The van der Waals surface area contributed by atoms with E-state index in [9.17, 15) is 0 Å². The molecule has 0 atom stereocenters. The van der Waals surface area contributed by atoms with Gasteiger partial charge in [0.15, 0.2) is 5.82 Å². The van der Waals surface area contributed by atoms with Gasteiger partial charge in [0.1, 0.15) is 0 Å². The number of rotatable bonds is 3. The quantitative estimate of drug-likeness (QED) is 0.197. The zero-order valence-electron chi connectivity index (χ0n) is 26.7. The fraction of sp³-hybridized carbons (Fsp3) is 0.233. The van der Waals surface area contributed by atoms with Crippen molar-refractivity contribution in [2.45, 2.75) is 37.5 Å². The van der Waals surface area contributed by atoms with E-state index in [2.05, 4.69) is 131 Å². The summed E-state index contributed by atoms with van der Waals surface area (Å²) in [7, 11) is 0. The fourth-order valence-corrected chi connectivity index (χ4v) is 10.7. The Balaban J connectivity index is 1.19. The topological polar surface area (TPSA) is 46.8 Å². The van der Waals surface area contributed by atoms with Crippen molar-refractivity contribution in [3.63, 3.8) is 0 Å². The zero-order chi connectivity index (χ0) is 31.4. The number of aromatic nitrogens is 4. The van der Waals surface area contributed by atoms with Crippen LogP contribution in [0.5, 0.6) is 0 Å². The molecule has 4 fully saturated rings. The third-order valence-electron chi connectivity index (χ3n) is 12.2. The molecule has 7 aromatic rings. The summed E-state index contributed by atoms with van der Waals surface area (Å²) in [6.45, 7) is 0. The van der Waals surface area contributed by atoms with Gasteiger partial charge in [-0.05, 0) is 91.2 Å². The molecular weight excluding hydrogens is 587 g/mol. The van der Waals surface area contributed by atoms with Gasteiger partial charge >= 0.3 is 0 Å². The summed E-state index contributed by atoms with van der Waals surface area (Å²) in [5, 5.41) is 2.38. The number of benzene rings is 5. The van der Waals surface area contributed by atoms with E-state index in [4.69, 9.17) is 15.0 Å². The molecule has 12 rings (SSSR count). The highest BCUT2D eigenvalue weighted by atomic mass is 15.3. The van der Waals surface area contributed by atoms with Crippen LogP contribution in [0.1, 0.15) is 43.2 Å². The van der Waals surface area contributed by atoms with Gasteiger partial charge in [-0.25, -0.2) is 0 Å². The van der Waals surface area contributed by atoms with E-state index in [-0.39, 0.29) is 5.41 Å². The van der Waals surface area contributed by atoms with Crippen LogP contribution in [0.4, 0.5) is 17.3 Å². The molecule has 5 nitrogen and oxygen atoms in total. The number of fused-ring (bicyclic) bond motifs is 5. The van der Waals surface area contributed by atoms with Crippen LogP contribution in [0.25, 0.3) is 39.1 Å². The zero-order valence-corrected chi connectivity index (χ0v) is 26.7. The molecule has 48 heavy (non-hydrogen) atoms. The van der Waals surface area contributed by atoms with Crippen molar-refractivity contribution in [3.8, 4) is 17.3 Å². The summed E-state index contributed by atoms with van der Waals surface area (Å²) < 4.78 is 2.21. The molecular formula is C43H35N5. The van der Waals surface area contributed by atoms with Crippen LogP contribution in [0, 0.1) is 23.7 Å². The van der Waals surface area contributed by atoms with E-state index >= 15 is 0 Å². The Morgan fingerprint density at radius 3 is 1.58 bits per heavy atom. The van der Waals surface area contributed by atoms with Gasteiger partial charge in [0.25, 0.3) is 0 Å². The number of hydrogen-bond donors (Lipinski definition) is 0. The Hall–Kier alpha value is -5.29. The molecule has 4 aliphatic carbocycles. The normalized spacial score (nSPS) is 23.1. The van der Waals surface area contributed by atoms with Gasteiger partial charge in [-0.15, -0.1) is 0 Å². The molecule has 0 unspecified atom stereocenters. The van der Waals surface area contributed by atoms with Crippen LogP contribution in [0.15, 0.2) is 127 Å². The van der Waals surface area contributed by atoms with Gasteiger partial charge in [-0.2, -0.15) is 15.0 Å². The number of anilines is 3. The molecule has 0 amide bonds. The van der Waals surface area contributed by atoms with Crippen molar-refractivity contribution in [1.29, 1.82) is 0 Å². The van der Waals surface area contributed by atoms with E-state index in [0.717, 1.165) is 28.4 Å². The minimum absolute atomic E-state index is 0.0298. The lowest BCUT2D eigenvalue weighted by molar-refractivity contribution is -0.0419. The van der Waals surface area contributed by atoms with Crippen LogP contribution in [0.2, 0.25) is 0 Å². The number of para-hydroxylation sites is 4. The third kappa shape index (κ3) is 3.54. The molecule has 1 spiro atoms. The average Bonchev–Trinajstić information content (AvgIpc) is 3.47. The maximum Gasteiger partial charge on any atom is 0.240 e. The fourth-order valence-electron chi connectivity index (χ4n) is 10.7. The molecule has 0 N–H and O–H groups in total. The number of hydrogen-bond acceptors (Lipinski definition) is 4. The van der Waals surface area contributed by atoms with Gasteiger partial charge < -0.3 is 0 Å². The van der Waals surface area contributed by atoms with Crippen LogP contribution in [-0.2, 0) is 5.41 Å². The Bertz CT molecular complexity index is 2260. The first-order valence-electron chi connectivity index (χ1n) is 17.6. The Kier molecular flexibility index (Phi) is 5.50. The monoisotopic (exact) mass is 621 g/mol. The largest absolute Gasteiger partial charge is 0.278 e. The van der Waals surface area contributed by atoms with Crippen LogP contribution in [-0.4, -0.2) is 19.5 Å². The smallest absolute Gasteiger partial charge is 0.240 e. The minimum atomic E-state index is 0.0298. The first kappa shape index (κ1) is 26.7. The van der Waals surface area contributed by atoms with Crippen molar-refractivity contribution in [2.75, 3.05) is 4.90 Å². The molecule has 5 aromatic carbocycles. The Labute approximate surface area is 279 Å². The molecule has 2 aromatic heterocycles. The molecule has 0 radical (unpaired) electrons. The molecule has 0 saturated heterocycles. The van der Waals surface area contributed by atoms with Gasteiger partial charge in [0, 0.05) is 21.8 Å². The lowest BCUT2D eigenvalue weighted by Gasteiger charge is -2.64. The van der Waals surface area contributed by atoms with E-state index in [1.807, 2.05) is 6.07 Å². The predicted octanol–water partition coefficient (Wildman–Crippen LogP) is 10.2. The summed E-state index contributed by atoms with van der Waals surface area (Å²) in [6, 6.07) is 45.8. The SMILES string of the molecule is c1ccc(-c2nc(N3c4ccccc4C4(c5ccccc53)C3CC5CC(C3)CC4C5)nc(-n3c4ccccc4c4ccccc43)n2)cc1. The van der Waals surface area contributed by atoms with Crippen molar-refractivity contribution >= 4 is 39.1 Å². The molecule has 4 saturated carbocycles.